The van der Waals surface area contributed by atoms with E-state index in [0.29, 0.717) is 16.9 Å². The van der Waals surface area contributed by atoms with E-state index in [1.165, 1.54) is 0 Å². The van der Waals surface area contributed by atoms with E-state index in [1.54, 1.807) is 6.07 Å². The smallest absolute Gasteiger partial charge is 0.482 e. The number of rotatable bonds is 6. The summed E-state index contributed by atoms with van der Waals surface area (Å²) in [5.41, 5.74) is 1.92. The SMILES string of the molecule is CC1(C)OB(C(=Cc2ccc3c(c2)NC(=O)CO3)CNC(=O)OCc2ccccc2)OC1(C)C. The molecule has 1 fully saturated rings. The van der Waals surface area contributed by atoms with E-state index in [-0.39, 0.29) is 25.7 Å². The highest BCUT2D eigenvalue weighted by Gasteiger charge is 2.52. The first-order valence-electron chi connectivity index (χ1n) is 11.2. The number of alkyl carbamates (subject to hydrolysis) is 1. The minimum atomic E-state index is -0.665. The van der Waals surface area contributed by atoms with E-state index in [4.69, 9.17) is 18.8 Å². The molecule has 9 heteroatoms. The molecule has 1 saturated heterocycles. The molecule has 2 aromatic carbocycles. The predicted molar refractivity (Wildman–Crippen MR) is 129 cm³/mol. The van der Waals surface area contributed by atoms with Gasteiger partial charge in [-0.1, -0.05) is 42.5 Å². The molecule has 0 aliphatic carbocycles. The second kappa shape index (κ2) is 9.52. The van der Waals surface area contributed by atoms with E-state index in [9.17, 15) is 9.59 Å². The van der Waals surface area contributed by atoms with Crippen molar-refractivity contribution in [3.8, 4) is 5.75 Å². The second-order valence-electron chi connectivity index (χ2n) is 9.32. The Kier molecular flexibility index (Phi) is 6.68. The molecule has 0 unspecified atom stereocenters. The Bertz CT molecular complexity index is 1080. The van der Waals surface area contributed by atoms with E-state index in [2.05, 4.69) is 10.6 Å². The third-order valence-electron chi connectivity index (χ3n) is 6.19. The lowest BCUT2D eigenvalue weighted by Gasteiger charge is -2.32. The van der Waals surface area contributed by atoms with Crippen molar-refractivity contribution in [3.05, 3.63) is 65.1 Å². The van der Waals surface area contributed by atoms with Crippen LogP contribution in [0.1, 0.15) is 38.8 Å². The first-order chi connectivity index (χ1) is 16.1. The van der Waals surface area contributed by atoms with Crippen LogP contribution in [-0.4, -0.2) is 43.5 Å². The summed E-state index contributed by atoms with van der Waals surface area (Å²) in [7, 11) is -0.665. The topological polar surface area (TPSA) is 95.1 Å². The molecule has 0 spiro atoms. The highest BCUT2D eigenvalue weighted by molar-refractivity contribution is 6.56. The molecule has 2 heterocycles. The summed E-state index contributed by atoms with van der Waals surface area (Å²) in [5.74, 6) is 0.402. The molecular formula is C25H29BN2O6. The third kappa shape index (κ3) is 5.43. The molecule has 2 aliphatic rings. The minimum Gasteiger partial charge on any atom is -0.482 e. The monoisotopic (exact) mass is 464 g/mol. The molecule has 2 aliphatic heterocycles. The van der Waals surface area contributed by atoms with Crippen molar-refractivity contribution >= 4 is 30.9 Å². The molecule has 0 radical (unpaired) electrons. The second-order valence-corrected chi connectivity index (χ2v) is 9.32. The van der Waals surface area contributed by atoms with Gasteiger partial charge in [-0.05, 0) is 56.4 Å². The standard InChI is InChI=1S/C25H29BN2O6/c1-24(2)25(3,4)34-26(33-24)19(14-27-23(30)32-15-17-8-6-5-7-9-17)12-18-10-11-21-20(13-18)28-22(29)16-31-21/h5-13H,14-16H2,1-4H3,(H,27,30)(H,28,29). The third-order valence-corrected chi connectivity index (χ3v) is 6.19. The van der Waals surface area contributed by atoms with Crippen LogP contribution >= 0.6 is 0 Å². The van der Waals surface area contributed by atoms with Gasteiger partial charge in [-0.25, -0.2) is 4.79 Å². The molecular weight excluding hydrogens is 435 g/mol. The van der Waals surface area contributed by atoms with Crippen molar-refractivity contribution in [2.75, 3.05) is 18.5 Å². The molecule has 0 atom stereocenters. The molecule has 2 N–H and O–H groups in total. The van der Waals surface area contributed by atoms with Gasteiger partial charge in [0, 0.05) is 6.54 Å². The van der Waals surface area contributed by atoms with Crippen LogP contribution in [0.15, 0.2) is 54.0 Å². The highest BCUT2D eigenvalue weighted by atomic mass is 16.7. The maximum atomic E-state index is 12.4. The number of ether oxygens (including phenoxy) is 2. The number of amides is 2. The lowest BCUT2D eigenvalue weighted by molar-refractivity contribution is -0.118. The van der Waals surface area contributed by atoms with Crippen LogP contribution in [-0.2, 0) is 25.4 Å². The number of benzene rings is 2. The van der Waals surface area contributed by atoms with E-state index >= 15 is 0 Å². The first kappa shape index (κ1) is 23.8. The Morgan fingerprint density at radius 2 is 1.82 bits per heavy atom. The number of hydrogen-bond donors (Lipinski definition) is 2. The Labute approximate surface area is 199 Å². The summed E-state index contributed by atoms with van der Waals surface area (Å²) in [5, 5.41) is 5.60. The summed E-state index contributed by atoms with van der Waals surface area (Å²) < 4.78 is 23.2. The summed E-state index contributed by atoms with van der Waals surface area (Å²) >= 11 is 0. The van der Waals surface area contributed by atoms with Gasteiger partial charge in [0.1, 0.15) is 12.4 Å². The van der Waals surface area contributed by atoms with Crippen LogP contribution in [0.4, 0.5) is 10.5 Å². The van der Waals surface area contributed by atoms with Gasteiger partial charge in [-0.3, -0.25) is 4.79 Å². The fourth-order valence-electron chi connectivity index (χ4n) is 3.55. The number of fused-ring (bicyclic) bond motifs is 1. The number of hydrogen-bond acceptors (Lipinski definition) is 6. The van der Waals surface area contributed by atoms with Gasteiger partial charge < -0.3 is 29.4 Å². The van der Waals surface area contributed by atoms with Crippen molar-refractivity contribution in [2.24, 2.45) is 0 Å². The van der Waals surface area contributed by atoms with Gasteiger partial charge in [0.15, 0.2) is 6.61 Å². The van der Waals surface area contributed by atoms with Crippen molar-refractivity contribution in [3.63, 3.8) is 0 Å². The summed E-state index contributed by atoms with van der Waals surface area (Å²) in [6, 6.07) is 14.9. The molecule has 0 bridgehead atoms. The van der Waals surface area contributed by atoms with Gasteiger partial charge >= 0.3 is 13.2 Å². The molecule has 2 amide bonds. The van der Waals surface area contributed by atoms with Crippen molar-refractivity contribution in [1.82, 2.24) is 5.32 Å². The van der Waals surface area contributed by atoms with E-state index in [1.807, 2.05) is 76.2 Å². The van der Waals surface area contributed by atoms with Crippen molar-refractivity contribution < 1.29 is 28.4 Å². The predicted octanol–water partition coefficient (Wildman–Crippen LogP) is 3.96. The quantitative estimate of drug-likeness (QED) is 0.629. The first-order valence-corrected chi connectivity index (χ1v) is 11.2. The summed E-state index contributed by atoms with van der Waals surface area (Å²) in [6.45, 7) is 8.21. The zero-order chi connectivity index (χ0) is 24.3. The molecule has 178 valence electrons. The molecule has 0 aromatic heterocycles. The number of carbonyl (C=O) groups is 2. The Morgan fingerprint density at radius 3 is 2.53 bits per heavy atom. The average molecular weight is 464 g/mol. The van der Waals surface area contributed by atoms with Gasteiger partial charge in [-0.2, -0.15) is 0 Å². The molecule has 34 heavy (non-hydrogen) atoms. The lowest BCUT2D eigenvalue weighted by Crippen LogP contribution is -2.41. The summed E-state index contributed by atoms with van der Waals surface area (Å²) in [6.07, 6.45) is 1.33. The van der Waals surface area contributed by atoms with Gasteiger partial charge in [-0.15, -0.1) is 0 Å². The maximum Gasteiger partial charge on any atom is 0.492 e. The van der Waals surface area contributed by atoms with E-state index < -0.39 is 24.4 Å². The molecule has 4 rings (SSSR count). The Hall–Kier alpha value is -3.30. The molecule has 0 saturated carbocycles. The zero-order valence-corrected chi connectivity index (χ0v) is 19.8. The highest BCUT2D eigenvalue weighted by Crippen LogP contribution is 2.39. The number of nitrogens with one attached hydrogen (secondary N) is 2. The van der Waals surface area contributed by atoms with Gasteiger partial charge in [0.2, 0.25) is 0 Å². The molecule has 8 nitrogen and oxygen atoms in total. The lowest BCUT2D eigenvalue weighted by atomic mass is 9.77. The van der Waals surface area contributed by atoms with Crippen LogP contribution in [0.2, 0.25) is 0 Å². The fourth-order valence-corrected chi connectivity index (χ4v) is 3.55. The van der Waals surface area contributed by atoms with Crippen LogP contribution in [0.5, 0.6) is 5.75 Å². The normalized spacial score (nSPS) is 18.5. The minimum absolute atomic E-state index is 0.00360. The largest absolute Gasteiger partial charge is 0.492 e. The van der Waals surface area contributed by atoms with Gasteiger partial charge in [0.25, 0.3) is 5.91 Å². The van der Waals surface area contributed by atoms with E-state index in [0.717, 1.165) is 11.1 Å². The Balaban J connectivity index is 1.51. The van der Waals surface area contributed by atoms with Crippen molar-refractivity contribution in [1.29, 1.82) is 0 Å². The maximum absolute atomic E-state index is 12.4. The fraction of sp³-hybridized carbons (Fsp3) is 0.360. The van der Waals surface area contributed by atoms with Crippen LogP contribution in [0.25, 0.3) is 6.08 Å². The van der Waals surface area contributed by atoms with Crippen LogP contribution < -0.4 is 15.4 Å². The Morgan fingerprint density at radius 1 is 1.12 bits per heavy atom. The van der Waals surface area contributed by atoms with Crippen LogP contribution in [0.3, 0.4) is 0 Å². The van der Waals surface area contributed by atoms with Gasteiger partial charge in [0.05, 0.1) is 16.9 Å². The van der Waals surface area contributed by atoms with Crippen LogP contribution in [0, 0.1) is 0 Å². The zero-order valence-electron chi connectivity index (χ0n) is 19.8. The number of carbonyl (C=O) groups excluding carboxylic acids is 2. The average Bonchev–Trinajstić information content (AvgIpc) is 3.02. The number of anilines is 1. The summed E-state index contributed by atoms with van der Waals surface area (Å²) in [4.78, 5) is 24.1. The molecule has 2 aromatic rings. The van der Waals surface area contributed by atoms with Crippen molar-refractivity contribution in [2.45, 2.75) is 45.5 Å².